The Labute approximate surface area is 145 Å². The first kappa shape index (κ1) is 18.7. The normalized spacial score (nSPS) is 17.3. The SMILES string of the molecule is CCc1ccc(C(C)NC(=O)NCC(C)(C)N2CCOCC2)cc1. The molecule has 0 bridgehead atoms. The molecule has 1 aliphatic rings. The number of amides is 2. The van der Waals surface area contributed by atoms with Gasteiger partial charge in [-0.1, -0.05) is 31.2 Å². The highest BCUT2D eigenvalue weighted by Crippen LogP contribution is 2.16. The number of carbonyl (C=O) groups is 1. The van der Waals surface area contributed by atoms with Crippen LogP contribution in [0.4, 0.5) is 4.79 Å². The highest BCUT2D eigenvalue weighted by atomic mass is 16.5. The minimum Gasteiger partial charge on any atom is -0.379 e. The number of urea groups is 1. The standard InChI is InChI=1S/C19H31N3O2/c1-5-16-6-8-17(9-7-16)15(2)21-18(23)20-14-19(3,4)22-10-12-24-13-11-22/h6-9,15H,5,10-14H2,1-4H3,(H2,20,21,23). The quantitative estimate of drug-likeness (QED) is 0.842. The summed E-state index contributed by atoms with van der Waals surface area (Å²) < 4.78 is 5.40. The molecule has 0 radical (unpaired) electrons. The molecule has 5 nitrogen and oxygen atoms in total. The van der Waals surface area contributed by atoms with Gasteiger partial charge in [-0.3, -0.25) is 4.90 Å². The zero-order valence-corrected chi connectivity index (χ0v) is 15.4. The van der Waals surface area contributed by atoms with Gasteiger partial charge in [0.25, 0.3) is 0 Å². The van der Waals surface area contributed by atoms with Crippen molar-refractivity contribution in [1.29, 1.82) is 0 Å². The first-order valence-electron chi connectivity index (χ1n) is 8.88. The van der Waals surface area contributed by atoms with Crippen LogP contribution in [-0.2, 0) is 11.2 Å². The molecule has 5 heteroatoms. The van der Waals surface area contributed by atoms with Crippen molar-refractivity contribution < 1.29 is 9.53 Å². The fourth-order valence-electron chi connectivity index (χ4n) is 2.95. The maximum Gasteiger partial charge on any atom is 0.315 e. The number of hydrogen-bond donors (Lipinski definition) is 2. The van der Waals surface area contributed by atoms with Gasteiger partial charge in [0.2, 0.25) is 0 Å². The molecule has 134 valence electrons. The third kappa shape index (κ3) is 5.21. The third-order valence-electron chi connectivity index (χ3n) is 4.78. The van der Waals surface area contributed by atoms with Crippen molar-refractivity contribution >= 4 is 6.03 Å². The second-order valence-corrected chi connectivity index (χ2v) is 7.06. The van der Waals surface area contributed by atoms with Gasteiger partial charge in [0, 0.05) is 25.2 Å². The van der Waals surface area contributed by atoms with Crippen LogP contribution in [0.1, 0.15) is 44.9 Å². The molecule has 0 saturated carbocycles. The Kier molecular flexibility index (Phi) is 6.63. The smallest absolute Gasteiger partial charge is 0.315 e. The topological polar surface area (TPSA) is 53.6 Å². The molecule has 0 aromatic heterocycles. The van der Waals surface area contributed by atoms with E-state index in [1.165, 1.54) is 5.56 Å². The molecule has 1 unspecified atom stereocenters. The first-order valence-corrected chi connectivity index (χ1v) is 8.88. The van der Waals surface area contributed by atoms with Crippen LogP contribution in [0.5, 0.6) is 0 Å². The Hall–Kier alpha value is -1.59. The number of aryl methyl sites for hydroxylation is 1. The van der Waals surface area contributed by atoms with Crippen molar-refractivity contribution in [2.75, 3.05) is 32.8 Å². The monoisotopic (exact) mass is 333 g/mol. The van der Waals surface area contributed by atoms with Crippen LogP contribution in [0, 0.1) is 0 Å². The number of morpholine rings is 1. The predicted octanol–water partition coefficient (Wildman–Crippen LogP) is 2.72. The lowest BCUT2D eigenvalue weighted by molar-refractivity contribution is -0.00876. The van der Waals surface area contributed by atoms with Crippen LogP contribution in [0.25, 0.3) is 0 Å². The van der Waals surface area contributed by atoms with E-state index in [9.17, 15) is 4.79 Å². The molecule has 1 aliphatic heterocycles. The minimum atomic E-state index is -0.122. The molecule has 1 fully saturated rings. The van der Waals surface area contributed by atoms with E-state index < -0.39 is 0 Å². The zero-order valence-electron chi connectivity index (χ0n) is 15.4. The summed E-state index contributed by atoms with van der Waals surface area (Å²) in [5, 5.41) is 6.03. The second kappa shape index (κ2) is 8.49. The molecule has 0 spiro atoms. The summed E-state index contributed by atoms with van der Waals surface area (Å²) in [4.78, 5) is 14.6. The number of benzene rings is 1. The van der Waals surface area contributed by atoms with E-state index in [1.807, 2.05) is 6.92 Å². The summed E-state index contributed by atoms with van der Waals surface area (Å²) in [6, 6.07) is 8.27. The number of carbonyl (C=O) groups excluding carboxylic acids is 1. The molecule has 1 atom stereocenters. The number of nitrogens with zero attached hydrogens (tertiary/aromatic N) is 1. The van der Waals surface area contributed by atoms with Gasteiger partial charge in [-0.25, -0.2) is 4.79 Å². The molecule has 2 rings (SSSR count). The highest BCUT2D eigenvalue weighted by molar-refractivity contribution is 5.74. The predicted molar refractivity (Wildman–Crippen MR) is 97.2 cm³/mol. The highest BCUT2D eigenvalue weighted by Gasteiger charge is 2.28. The van der Waals surface area contributed by atoms with Crippen molar-refractivity contribution in [3.05, 3.63) is 35.4 Å². The Morgan fingerprint density at radius 2 is 1.88 bits per heavy atom. The minimum absolute atomic E-state index is 0.0117. The number of hydrogen-bond acceptors (Lipinski definition) is 3. The van der Waals surface area contributed by atoms with Gasteiger partial charge in [0.15, 0.2) is 0 Å². The van der Waals surface area contributed by atoms with E-state index in [0.717, 1.165) is 38.3 Å². The Morgan fingerprint density at radius 1 is 1.25 bits per heavy atom. The summed E-state index contributed by atoms with van der Waals surface area (Å²) in [5.41, 5.74) is 2.35. The average molecular weight is 333 g/mol. The van der Waals surface area contributed by atoms with Crippen LogP contribution >= 0.6 is 0 Å². The average Bonchev–Trinajstić information content (AvgIpc) is 2.61. The number of nitrogens with one attached hydrogen (secondary N) is 2. The van der Waals surface area contributed by atoms with Crippen LogP contribution in [0.2, 0.25) is 0 Å². The van der Waals surface area contributed by atoms with Crippen LogP contribution in [0.3, 0.4) is 0 Å². The van der Waals surface area contributed by atoms with Gasteiger partial charge < -0.3 is 15.4 Å². The number of rotatable bonds is 6. The van der Waals surface area contributed by atoms with Crippen molar-refractivity contribution in [2.45, 2.75) is 45.7 Å². The van der Waals surface area contributed by atoms with Gasteiger partial charge in [-0.05, 0) is 38.3 Å². The maximum absolute atomic E-state index is 12.2. The maximum atomic E-state index is 12.2. The molecule has 24 heavy (non-hydrogen) atoms. The van der Waals surface area contributed by atoms with Gasteiger partial charge in [-0.2, -0.15) is 0 Å². The molecule has 0 aliphatic carbocycles. The summed E-state index contributed by atoms with van der Waals surface area (Å²) in [6.45, 7) is 12.4. The number of ether oxygens (including phenoxy) is 1. The van der Waals surface area contributed by atoms with Gasteiger partial charge in [0.05, 0.1) is 19.3 Å². The Morgan fingerprint density at radius 3 is 2.46 bits per heavy atom. The van der Waals surface area contributed by atoms with E-state index in [4.69, 9.17) is 4.74 Å². The molecule has 1 heterocycles. The second-order valence-electron chi connectivity index (χ2n) is 7.06. The molecule has 2 N–H and O–H groups in total. The molecule has 1 saturated heterocycles. The molecule has 2 amide bonds. The Balaban J connectivity index is 1.81. The lowest BCUT2D eigenvalue weighted by Gasteiger charge is -2.40. The van der Waals surface area contributed by atoms with E-state index >= 15 is 0 Å². The lowest BCUT2D eigenvalue weighted by Crippen LogP contribution is -2.56. The third-order valence-corrected chi connectivity index (χ3v) is 4.78. The van der Waals surface area contributed by atoms with Crippen molar-refractivity contribution in [1.82, 2.24) is 15.5 Å². The van der Waals surface area contributed by atoms with Gasteiger partial charge in [-0.15, -0.1) is 0 Å². The molecule has 1 aromatic carbocycles. The van der Waals surface area contributed by atoms with Gasteiger partial charge in [0.1, 0.15) is 0 Å². The summed E-state index contributed by atoms with van der Waals surface area (Å²) in [5.74, 6) is 0. The molecular weight excluding hydrogens is 302 g/mol. The Bertz CT molecular complexity index is 522. The summed E-state index contributed by atoms with van der Waals surface area (Å²) >= 11 is 0. The molecule has 1 aromatic rings. The van der Waals surface area contributed by atoms with Crippen LogP contribution in [0.15, 0.2) is 24.3 Å². The van der Waals surface area contributed by atoms with E-state index in [2.05, 4.69) is 60.6 Å². The largest absolute Gasteiger partial charge is 0.379 e. The fourth-order valence-corrected chi connectivity index (χ4v) is 2.95. The van der Waals surface area contributed by atoms with E-state index in [0.29, 0.717) is 6.54 Å². The van der Waals surface area contributed by atoms with Crippen LogP contribution < -0.4 is 10.6 Å². The summed E-state index contributed by atoms with van der Waals surface area (Å²) in [7, 11) is 0. The summed E-state index contributed by atoms with van der Waals surface area (Å²) in [6.07, 6.45) is 1.03. The fraction of sp³-hybridized carbons (Fsp3) is 0.632. The van der Waals surface area contributed by atoms with Gasteiger partial charge >= 0.3 is 6.03 Å². The zero-order chi connectivity index (χ0) is 17.6. The van der Waals surface area contributed by atoms with Crippen molar-refractivity contribution in [3.8, 4) is 0 Å². The van der Waals surface area contributed by atoms with Crippen molar-refractivity contribution in [3.63, 3.8) is 0 Å². The van der Waals surface area contributed by atoms with Crippen LogP contribution in [-0.4, -0.2) is 49.3 Å². The van der Waals surface area contributed by atoms with Crippen molar-refractivity contribution in [2.24, 2.45) is 0 Å². The first-order chi connectivity index (χ1) is 11.4. The van der Waals surface area contributed by atoms with E-state index in [1.54, 1.807) is 0 Å². The van der Waals surface area contributed by atoms with E-state index in [-0.39, 0.29) is 17.6 Å². The molecular formula is C19H31N3O2. The lowest BCUT2D eigenvalue weighted by atomic mass is 10.0.